The van der Waals surface area contributed by atoms with E-state index in [1.165, 1.54) is 0 Å². The molecular formula is C25H23N3O3. The summed E-state index contributed by atoms with van der Waals surface area (Å²) in [4.78, 5) is 20.5. The third-order valence-corrected chi connectivity index (χ3v) is 4.98. The Morgan fingerprint density at radius 2 is 1.58 bits per heavy atom. The van der Waals surface area contributed by atoms with Crippen molar-refractivity contribution in [3.05, 3.63) is 107 Å². The summed E-state index contributed by atoms with van der Waals surface area (Å²) >= 11 is 0. The molecular weight excluding hydrogens is 390 g/mol. The number of phenolic OH excluding ortho intramolecular Hbond substituents is 1. The molecule has 156 valence electrons. The van der Waals surface area contributed by atoms with Crippen LogP contribution < -0.4 is 10.1 Å². The minimum absolute atomic E-state index is 0.221. The van der Waals surface area contributed by atoms with Crippen molar-refractivity contribution in [2.45, 2.75) is 12.8 Å². The molecule has 6 heteroatoms. The predicted molar refractivity (Wildman–Crippen MR) is 120 cm³/mol. The van der Waals surface area contributed by atoms with Gasteiger partial charge in [-0.25, -0.2) is 4.98 Å². The van der Waals surface area contributed by atoms with E-state index >= 15 is 0 Å². The van der Waals surface area contributed by atoms with E-state index in [2.05, 4.69) is 15.3 Å². The van der Waals surface area contributed by atoms with Gasteiger partial charge >= 0.3 is 0 Å². The number of aromatic hydroxyl groups is 1. The van der Waals surface area contributed by atoms with Crippen molar-refractivity contribution in [3.63, 3.8) is 0 Å². The molecule has 3 aromatic carbocycles. The zero-order chi connectivity index (χ0) is 21.6. The van der Waals surface area contributed by atoms with Gasteiger partial charge < -0.3 is 14.8 Å². The molecule has 0 bridgehead atoms. The number of nitrogens with one attached hydrogen (secondary N) is 2. The minimum Gasteiger partial charge on any atom is -0.508 e. The van der Waals surface area contributed by atoms with Crippen LogP contribution in [-0.2, 0) is 12.8 Å². The van der Waals surface area contributed by atoms with Gasteiger partial charge in [0.15, 0.2) is 0 Å². The number of aromatic amines is 1. The lowest BCUT2D eigenvalue weighted by Gasteiger charge is -2.05. The highest BCUT2D eigenvalue weighted by Crippen LogP contribution is 2.21. The highest BCUT2D eigenvalue weighted by molar-refractivity contribution is 6.03. The first-order chi connectivity index (χ1) is 15.1. The zero-order valence-electron chi connectivity index (χ0n) is 17.1. The molecule has 31 heavy (non-hydrogen) atoms. The number of carbonyl (C=O) groups excluding carboxylic acids is 1. The van der Waals surface area contributed by atoms with Crippen LogP contribution in [0.3, 0.4) is 0 Å². The fraction of sp³-hybridized carbons (Fsp3) is 0.120. The number of hydrogen-bond acceptors (Lipinski definition) is 4. The SMILES string of the molecule is COc1ccc(Cc2[nH]c(NC(=O)c3ccccc3)nc2Cc2ccc(O)cc2)cc1. The van der Waals surface area contributed by atoms with Crippen LogP contribution in [-0.4, -0.2) is 28.1 Å². The minimum atomic E-state index is -0.221. The van der Waals surface area contributed by atoms with E-state index < -0.39 is 0 Å². The number of nitrogens with zero attached hydrogens (tertiary/aromatic N) is 1. The van der Waals surface area contributed by atoms with Gasteiger partial charge in [-0.3, -0.25) is 10.1 Å². The lowest BCUT2D eigenvalue weighted by Crippen LogP contribution is -2.12. The van der Waals surface area contributed by atoms with Gasteiger partial charge in [0.1, 0.15) is 11.5 Å². The summed E-state index contributed by atoms with van der Waals surface area (Å²) in [7, 11) is 1.64. The lowest BCUT2D eigenvalue weighted by atomic mass is 10.0. The summed E-state index contributed by atoms with van der Waals surface area (Å²) in [5, 5.41) is 12.4. The third-order valence-electron chi connectivity index (χ3n) is 4.98. The number of carbonyl (C=O) groups is 1. The summed E-state index contributed by atoms with van der Waals surface area (Å²) in [6.07, 6.45) is 1.20. The maximum Gasteiger partial charge on any atom is 0.257 e. The van der Waals surface area contributed by atoms with E-state index in [-0.39, 0.29) is 11.7 Å². The largest absolute Gasteiger partial charge is 0.508 e. The molecule has 0 spiro atoms. The summed E-state index contributed by atoms with van der Waals surface area (Å²) in [6, 6.07) is 23.9. The number of benzene rings is 3. The number of imidazole rings is 1. The molecule has 1 heterocycles. The van der Waals surface area contributed by atoms with Crippen molar-refractivity contribution < 1.29 is 14.6 Å². The average Bonchev–Trinajstić information content (AvgIpc) is 3.16. The van der Waals surface area contributed by atoms with Gasteiger partial charge in [-0.15, -0.1) is 0 Å². The maximum absolute atomic E-state index is 12.5. The number of aromatic nitrogens is 2. The second-order valence-corrected chi connectivity index (χ2v) is 7.20. The van der Waals surface area contributed by atoms with E-state index in [0.717, 1.165) is 28.3 Å². The Morgan fingerprint density at radius 3 is 2.26 bits per heavy atom. The van der Waals surface area contributed by atoms with Crippen LogP contribution >= 0.6 is 0 Å². The van der Waals surface area contributed by atoms with E-state index in [1.54, 1.807) is 31.4 Å². The van der Waals surface area contributed by atoms with Crippen molar-refractivity contribution in [3.8, 4) is 11.5 Å². The Kier molecular flexibility index (Phi) is 5.98. The second kappa shape index (κ2) is 9.17. The number of anilines is 1. The molecule has 0 saturated heterocycles. The average molecular weight is 413 g/mol. The first-order valence-corrected chi connectivity index (χ1v) is 9.95. The fourth-order valence-electron chi connectivity index (χ4n) is 3.32. The second-order valence-electron chi connectivity index (χ2n) is 7.20. The van der Waals surface area contributed by atoms with Gasteiger partial charge in [-0.2, -0.15) is 0 Å². The molecule has 0 unspecified atom stereocenters. The van der Waals surface area contributed by atoms with Crippen molar-refractivity contribution in [1.29, 1.82) is 0 Å². The van der Waals surface area contributed by atoms with Crippen molar-refractivity contribution in [1.82, 2.24) is 9.97 Å². The molecule has 4 rings (SSSR count). The number of rotatable bonds is 7. The predicted octanol–water partition coefficient (Wildman–Crippen LogP) is 4.56. The van der Waals surface area contributed by atoms with Crippen molar-refractivity contribution >= 4 is 11.9 Å². The van der Waals surface area contributed by atoms with Crippen molar-refractivity contribution in [2.24, 2.45) is 0 Å². The summed E-state index contributed by atoms with van der Waals surface area (Å²) in [5.41, 5.74) is 4.43. The third kappa shape index (κ3) is 5.11. The monoisotopic (exact) mass is 413 g/mol. The number of phenols is 1. The molecule has 1 amide bonds. The number of ether oxygens (including phenoxy) is 1. The Balaban J connectivity index is 1.60. The molecule has 3 N–H and O–H groups in total. The number of amides is 1. The smallest absolute Gasteiger partial charge is 0.257 e. The van der Waals surface area contributed by atoms with Gasteiger partial charge in [0.25, 0.3) is 5.91 Å². The van der Waals surface area contributed by atoms with Crippen LogP contribution in [0, 0.1) is 0 Å². The number of H-pyrrole nitrogens is 1. The molecule has 0 saturated carbocycles. The molecule has 6 nitrogen and oxygen atoms in total. The van der Waals surface area contributed by atoms with E-state index in [1.807, 2.05) is 54.6 Å². The van der Waals surface area contributed by atoms with Crippen molar-refractivity contribution in [2.75, 3.05) is 12.4 Å². The highest BCUT2D eigenvalue weighted by atomic mass is 16.5. The van der Waals surface area contributed by atoms with Crippen LogP contribution in [0.25, 0.3) is 0 Å². The Hall–Kier alpha value is -4.06. The first-order valence-electron chi connectivity index (χ1n) is 9.95. The van der Waals surface area contributed by atoms with Crippen LogP contribution in [0.5, 0.6) is 11.5 Å². The van der Waals surface area contributed by atoms with E-state index in [9.17, 15) is 9.90 Å². The van der Waals surface area contributed by atoms with Gasteiger partial charge in [0, 0.05) is 24.1 Å². The Morgan fingerprint density at radius 1 is 0.935 bits per heavy atom. The molecule has 4 aromatic rings. The number of methoxy groups -OCH3 is 1. The maximum atomic E-state index is 12.5. The zero-order valence-corrected chi connectivity index (χ0v) is 17.1. The topological polar surface area (TPSA) is 87.2 Å². The van der Waals surface area contributed by atoms with Gasteiger partial charge in [0.05, 0.1) is 12.8 Å². The molecule has 0 atom stereocenters. The van der Waals surface area contributed by atoms with Crippen LogP contribution in [0.4, 0.5) is 5.95 Å². The summed E-state index contributed by atoms with van der Waals surface area (Å²) in [5.74, 6) is 1.21. The van der Waals surface area contributed by atoms with Gasteiger partial charge in [-0.05, 0) is 47.5 Å². The molecule has 0 aliphatic heterocycles. The highest BCUT2D eigenvalue weighted by Gasteiger charge is 2.14. The molecule has 0 radical (unpaired) electrons. The molecule has 0 aliphatic rings. The van der Waals surface area contributed by atoms with E-state index in [0.29, 0.717) is 24.4 Å². The molecule has 0 aliphatic carbocycles. The fourth-order valence-corrected chi connectivity index (χ4v) is 3.32. The Bertz CT molecular complexity index is 1150. The summed E-state index contributed by atoms with van der Waals surface area (Å²) < 4.78 is 5.23. The quantitative estimate of drug-likeness (QED) is 0.415. The summed E-state index contributed by atoms with van der Waals surface area (Å²) in [6.45, 7) is 0. The van der Waals surface area contributed by atoms with E-state index in [4.69, 9.17) is 4.74 Å². The normalized spacial score (nSPS) is 10.6. The van der Waals surface area contributed by atoms with Crippen LogP contribution in [0.2, 0.25) is 0 Å². The molecule has 1 aromatic heterocycles. The van der Waals surface area contributed by atoms with Crippen LogP contribution in [0.1, 0.15) is 32.9 Å². The first kappa shape index (κ1) is 20.2. The molecule has 0 fully saturated rings. The lowest BCUT2D eigenvalue weighted by molar-refractivity contribution is 0.102. The van der Waals surface area contributed by atoms with Crippen LogP contribution in [0.15, 0.2) is 78.9 Å². The standard InChI is InChI=1S/C25H23N3O3/c1-31-21-13-9-18(10-14-21)16-23-22(15-17-7-11-20(29)12-8-17)26-25(27-23)28-24(30)19-5-3-2-4-6-19/h2-14,29H,15-16H2,1H3,(H2,26,27,28,30). The van der Waals surface area contributed by atoms with Gasteiger partial charge in [-0.1, -0.05) is 42.5 Å². The number of hydrogen-bond donors (Lipinski definition) is 3. The Labute approximate surface area is 180 Å². The van der Waals surface area contributed by atoms with Gasteiger partial charge in [0.2, 0.25) is 5.95 Å².